The quantitative estimate of drug-likeness (QED) is 0.120. The Kier molecular flexibility index (Phi) is 12.0. The fourth-order valence-corrected chi connectivity index (χ4v) is 9.24. The van der Waals surface area contributed by atoms with E-state index in [0.29, 0.717) is 40.9 Å². The van der Waals surface area contributed by atoms with E-state index in [1.165, 1.54) is 11.0 Å². The average molecular weight is 858 g/mol. The number of β-lactam (4-membered cyclic amide) rings is 1. The third kappa shape index (κ3) is 9.56. The Labute approximate surface area is 354 Å². The van der Waals surface area contributed by atoms with Gasteiger partial charge in [0.05, 0.1) is 36.5 Å². The van der Waals surface area contributed by atoms with Crippen LogP contribution in [0.25, 0.3) is 22.2 Å². The molecular formula is C44H51N5O11S. The standard InChI is InChI=1S/C44H51N5O11S/c1-6-28-24-44(28,42(55)47-61(56,57)31-14-15-31)46-40(53)35-22-30(59-36-23-33(26-10-8-7-9-11-26)45-34-21-29(58-5)13-16-32(34)36)25-49(35)41(54)27(20-39(52)60-43(2,3)4)12-17-37(50)48-19-18-38(48)51/h6-11,13,16,21,23,27-28,30-31,35H,1,12,14-15,17-20,22,24-25H2,2-5H3,(H,46,53)(H,47,55)/t27-,28-,30-,35+,44-/m1/s1. The number of ether oxygens (including phenoxy) is 3. The molecule has 0 radical (unpaired) electrons. The summed E-state index contributed by atoms with van der Waals surface area (Å²) in [6.45, 7) is 8.95. The second-order valence-corrected chi connectivity index (χ2v) is 19.1. The highest BCUT2D eigenvalue weighted by molar-refractivity contribution is 7.91. The van der Waals surface area contributed by atoms with Crippen molar-refractivity contribution in [2.75, 3.05) is 20.2 Å². The number of carbonyl (C=O) groups excluding carboxylic acids is 6. The average Bonchev–Trinajstić information content (AvgIpc) is 4.14. The molecule has 0 bridgehead atoms. The van der Waals surface area contributed by atoms with Gasteiger partial charge in [-0.1, -0.05) is 36.4 Å². The van der Waals surface area contributed by atoms with Gasteiger partial charge in [-0.3, -0.25) is 38.4 Å². The number of methoxy groups -OCH3 is 1. The van der Waals surface area contributed by atoms with Gasteiger partial charge in [-0.2, -0.15) is 0 Å². The maximum Gasteiger partial charge on any atom is 0.307 e. The van der Waals surface area contributed by atoms with E-state index in [0.717, 1.165) is 10.5 Å². The number of rotatable bonds is 16. The van der Waals surface area contributed by atoms with E-state index in [4.69, 9.17) is 19.2 Å². The number of carbonyl (C=O) groups is 6. The van der Waals surface area contributed by atoms with E-state index >= 15 is 0 Å². The van der Waals surface area contributed by atoms with Crippen LogP contribution >= 0.6 is 0 Å². The summed E-state index contributed by atoms with van der Waals surface area (Å²) in [6, 6.07) is 15.3. The maximum atomic E-state index is 14.8. The number of hydrogen-bond acceptors (Lipinski definition) is 12. The van der Waals surface area contributed by atoms with Crippen LogP contribution in [0.5, 0.6) is 11.5 Å². The molecule has 324 valence electrons. The second kappa shape index (κ2) is 16.9. The van der Waals surface area contributed by atoms with E-state index in [-0.39, 0.29) is 51.1 Å². The number of sulfonamides is 1. The molecule has 16 nitrogen and oxygen atoms in total. The van der Waals surface area contributed by atoms with Crippen molar-refractivity contribution < 1.29 is 51.4 Å². The maximum absolute atomic E-state index is 14.8. The normalized spacial score (nSPS) is 22.8. The number of amides is 5. The number of aromatic nitrogens is 1. The van der Waals surface area contributed by atoms with Gasteiger partial charge in [0.15, 0.2) is 0 Å². The van der Waals surface area contributed by atoms with Crippen LogP contribution in [0.2, 0.25) is 0 Å². The van der Waals surface area contributed by atoms with Crippen molar-refractivity contribution in [3.05, 3.63) is 67.3 Å². The largest absolute Gasteiger partial charge is 0.497 e. The van der Waals surface area contributed by atoms with Crippen LogP contribution in [-0.2, 0) is 43.5 Å². The number of hydrogen-bond donors (Lipinski definition) is 2. The third-order valence-electron chi connectivity index (χ3n) is 11.5. The summed E-state index contributed by atoms with van der Waals surface area (Å²) in [5, 5.41) is 2.72. The Bertz CT molecular complexity index is 2380. The highest BCUT2D eigenvalue weighted by atomic mass is 32.2. The Hall–Kier alpha value is -5.84. The molecule has 2 saturated heterocycles. The number of nitrogens with one attached hydrogen (secondary N) is 2. The first kappa shape index (κ1) is 43.3. The molecule has 3 heterocycles. The SMILES string of the molecule is C=C[C@@H]1C[C@]1(NC(=O)[C@@H]1C[C@@H](Oc2cc(-c3ccccc3)nc3cc(OC)ccc23)CN1C(=O)[C@H](CCC(=O)N1CCC1=O)CC(=O)OC(C)(C)C)C(=O)NS(=O)(=O)C1CC1. The molecular weight excluding hydrogens is 807 g/mol. The van der Waals surface area contributed by atoms with Crippen molar-refractivity contribution in [2.24, 2.45) is 11.8 Å². The van der Waals surface area contributed by atoms with E-state index in [1.807, 2.05) is 30.3 Å². The lowest BCUT2D eigenvalue weighted by Gasteiger charge is -2.31. The van der Waals surface area contributed by atoms with Gasteiger partial charge in [-0.15, -0.1) is 6.58 Å². The van der Waals surface area contributed by atoms with Gasteiger partial charge >= 0.3 is 5.97 Å². The lowest BCUT2D eigenvalue weighted by atomic mass is 9.96. The van der Waals surface area contributed by atoms with Gasteiger partial charge in [-0.05, 0) is 58.6 Å². The van der Waals surface area contributed by atoms with Crippen LogP contribution in [0.15, 0.2) is 67.3 Å². The Morgan fingerprint density at radius 2 is 1.80 bits per heavy atom. The Morgan fingerprint density at radius 3 is 2.41 bits per heavy atom. The molecule has 1 aromatic heterocycles. The molecule has 61 heavy (non-hydrogen) atoms. The summed E-state index contributed by atoms with van der Waals surface area (Å²) in [5.74, 6) is -4.53. The molecule has 2 saturated carbocycles. The molecule has 7 rings (SSSR count). The van der Waals surface area contributed by atoms with Gasteiger partial charge in [0, 0.05) is 60.7 Å². The molecule has 2 N–H and O–H groups in total. The number of imide groups is 1. The van der Waals surface area contributed by atoms with E-state index in [9.17, 15) is 37.2 Å². The van der Waals surface area contributed by atoms with Crippen molar-refractivity contribution >= 4 is 56.4 Å². The molecule has 2 aromatic carbocycles. The molecule has 5 amide bonds. The lowest BCUT2D eigenvalue weighted by molar-refractivity contribution is -0.160. The minimum absolute atomic E-state index is 0.0601. The van der Waals surface area contributed by atoms with E-state index in [1.54, 1.807) is 52.1 Å². The summed E-state index contributed by atoms with van der Waals surface area (Å²) in [6.07, 6.45) is 1.000. The molecule has 4 fully saturated rings. The summed E-state index contributed by atoms with van der Waals surface area (Å²) in [7, 11) is -2.42. The summed E-state index contributed by atoms with van der Waals surface area (Å²) in [5.41, 5.74) is -0.547. The molecule has 0 unspecified atom stereocenters. The number of nitrogens with zero attached hydrogens (tertiary/aromatic N) is 3. The van der Waals surface area contributed by atoms with Crippen LogP contribution in [0.1, 0.15) is 72.1 Å². The zero-order valence-electron chi connectivity index (χ0n) is 34.7. The number of benzene rings is 2. The van der Waals surface area contributed by atoms with Crippen molar-refractivity contribution in [1.29, 1.82) is 0 Å². The van der Waals surface area contributed by atoms with Gasteiger partial charge < -0.3 is 24.4 Å². The smallest absolute Gasteiger partial charge is 0.307 e. The first-order valence-electron chi connectivity index (χ1n) is 20.5. The fraction of sp³-hybridized carbons (Fsp3) is 0.477. The van der Waals surface area contributed by atoms with Crippen LogP contribution < -0.4 is 19.5 Å². The molecule has 4 aliphatic rings. The first-order chi connectivity index (χ1) is 28.9. The van der Waals surface area contributed by atoms with Crippen molar-refractivity contribution in [2.45, 2.75) is 101 Å². The summed E-state index contributed by atoms with van der Waals surface area (Å²) < 4.78 is 45.5. The van der Waals surface area contributed by atoms with Crippen LogP contribution in [-0.4, -0.2) is 107 Å². The van der Waals surface area contributed by atoms with Crippen molar-refractivity contribution in [1.82, 2.24) is 24.8 Å². The van der Waals surface area contributed by atoms with Gasteiger partial charge in [0.1, 0.15) is 34.8 Å². The zero-order chi connectivity index (χ0) is 43.9. The monoisotopic (exact) mass is 857 g/mol. The lowest BCUT2D eigenvalue weighted by Crippen LogP contribution is -2.57. The molecule has 3 aromatic rings. The highest BCUT2D eigenvalue weighted by Crippen LogP contribution is 2.46. The zero-order valence-corrected chi connectivity index (χ0v) is 35.5. The molecule has 2 aliphatic heterocycles. The molecule has 2 aliphatic carbocycles. The number of pyridine rings is 1. The molecule has 0 spiro atoms. The number of esters is 1. The molecule has 5 atom stereocenters. The highest BCUT2D eigenvalue weighted by Gasteiger charge is 2.62. The predicted molar refractivity (Wildman–Crippen MR) is 222 cm³/mol. The predicted octanol–water partition coefficient (Wildman–Crippen LogP) is 3.82. The van der Waals surface area contributed by atoms with Crippen LogP contribution in [0, 0.1) is 11.8 Å². The van der Waals surface area contributed by atoms with Gasteiger partial charge in [0.2, 0.25) is 33.7 Å². The van der Waals surface area contributed by atoms with Crippen molar-refractivity contribution in [3.8, 4) is 22.8 Å². The van der Waals surface area contributed by atoms with Crippen LogP contribution in [0.4, 0.5) is 0 Å². The fourth-order valence-electron chi connectivity index (χ4n) is 7.87. The van der Waals surface area contributed by atoms with Gasteiger partial charge in [-0.25, -0.2) is 13.4 Å². The minimum Gasteiger partial charge on any atom is -0.497 e. The van der Waals surface area contributed by atoms with Crippen molar-refractivity contribution in [3.63, 3.8) is 0 Å². The van der Waals surface area contributed by atoms with E-state index in [2.05, 4.69) is 16.6 Å². The van der Waals surface area contributed by atoms with E-state index < -0.39 is 86.4 Å². The Balaban J connectivity index is 1.21. The Morgan fingerprint density at radius 1 is 1.07 bits per heavy atom. The molecule has 17 heteroatoms. The summed E-state index contributed by atoms with van der Waals surface area (Å²) >= 11 is 0. The van der Waals surface area contributed by atoms with Gasteiger partial charge in [0.25, 0.3) is 5.91 Å². The van der Waals surface area contributed by atoms with Crippen LogP contribution in [0.3, 0.4) is 0 Å². The summed E-state index contributed by atoms with van der Waals surface area (Å²) in [4.78, 5) is 88.6. The second-order valence-electron chi connectivity index (χ2n) is 17.1. The minimum atomic E-state index is -3.96. The third-order valence-corrected chi connectivity index (χ3v) is 13.3. The number of likely N-dealkylation sites (tertiary alicyclic amines) is 2. The first-order valence-corrected chi connectivity index (χ1v) is 22.0. The topological polar surface area (TPSA) is 208 Å². The number of fused-ring (bicyclic) bond motifs is 1.